The summed E-state index contributed by atoms with van der Waals surface area (Å²) in [5, 5.41) is 24.3. The zero-order valence-corrected chi connectivity index (χ0v) is 16.4. The Labute approximate surface area is 169 Å². The summed E-state index contributed by atoms with van der Waals surface area (Å²) in [4.78, 5) is 12.1. The Morgan fingerprint density at radius 1 is 0.966 bits per heavy atom. The number of alkyl halides is 1. The third-order valence-corrected chi connectivity index (χ3v) is 5.55. The lowest BCUT2D eigenvalue weighted by Gasteiger charge is -2.39. The molecule has 0 spiro atoms. The lowest BCUT2D eigenvalue weighted by molar-refractivity contribution is -0.148. The summed E-state index contributed by atoms with van der Waals surface area (Å²) in [7, 11) is 0. The normalized spacial score (nSPS) is 15.5. The molecule has 29 heavy (non-hydrogen) atoms. The second kappa shape index (κ2) is 8.29. The van der Waals surface area contributed by atoms with Crippen LogP contribution in [0, 0.1) is 0 Å². The maximum Gasteiger partial charge on any atom is 0.266 e. The van der Waals surface area contributed by atoms with Crippen molar-refractivity contribution in [2.45, 2.75) is 31.5 Å². The molecule has 1 amide bonds. The van der Waals surface area contributed by atoms with Gasteiger partial charge >= 0.3 is 0 Å². The quantitative estimate of drug-likeness (QED) is 0.363. The molecule has 0 aliphatic rings. The Balaban J connectivity index is 1.84. The van der Waals surface area contributed by atoms with Gasteiger partial charge in [-0.25, -0.2) is 9.87 Å². The van der Waals surface area contributed by atoms with Gasteiger partial charge in [-0.15, -0.1) is 0 Å². The van der Waals surface area contributed by atoms with Crippen molar-refractivity contribution < 1.29 is 19.5 Å². The third kappa shape index (κ3) is 4.15. The van der Waals surface area contributed by atoms with Gasteiger partial charge in [-0.2, -0.15) is 0 Å². The van der Waals surface area contributed by atoms with Crippen molar-refractivity contribution in [3.63, 3.8) is 0 Å². The number of hydroxylamine groups is 1. The molecule has 0 heterocycles. The predicted molar refractivity (Wildman–Crippen MR) is 111 cm³/mol. The molecule has 5 nitrogen and oxygen atoms in total. The van der Waals surface area contributed by atoms with Crippen LogP contribution in [-0.4, -0.2) is 34.0 Å². The monoisotopic (exact) mass is 396 g/mol. The first kappa shape index (κ1) is 20.9. The smallest absolute Gasteiger partial charge is 0.266 e. The summed E-state index contributed by atoms with van der Waals surface area (Å²) in [6.45, 7) is 1.62. The molecule has 3 rings (SSSR count). The van der Waals surface area contributed by atoms with Crippen LogP contribution in [0.3, 0.4) is 0 Å². The molecule has 6 heteroatoms. The van der Waals surface area contributed by atoms with Crippen LogP contribution in [0.1, 0.15) is 19.4 Å². The Morgan fingerprint density at radius 2 is 1.62 bits per heavy atom. The number of nitrogens with one attached hydrogen (secondary N) is 2. The van der Waals surface area contributed by atoms with E-state index in [9.17, 15) is 14.3 Å². The average Bonchev–Trinajstić information content (AvgIpc) is 2.76. The fourth-order valence-corrected chi connectivity index (χ4v) is 3.25. The summed E-state index contributed by atoms with van der Waals surface area (Å²) in [6, 6.07) is 22.1. The molecule has 0 aliphatic heterocycles. The molecule has 3 aromatic carbocycles. The number of fused-ring (bicyclic) bond motifs is 1. The van der Waals surface area contributed by atoms with Gasteiger partial charge in [-0.1, -0.05) is 54.6 Å². The van der Waals surface area contributed by atoms with Gasteiger partial charge in [0, 0.05) is 6.54 Å². The molecule has 0 radical (unpaired) electrons. The Morgan fingerprint density at radius 3 is 2.28 bits per heavy atom. The second-order valence-corrected chi connectivity index (χ2v) is 7.59. The summed E-state index contributed by atoms with van der Waals surface area (Å²) in [6.07, 6.45) is 0. The van der Waals surface area contributed by atoms with E-state index in [0.29, 0.717) is 0 Å². The van der Waals surface area contributed by atoms with Gasteiger partial charge < -0.3 is 5.11 Å². The van der Waals surface area contributed by atoms with Gasteiger partial charge in [0.05, 0.1) is 0 Å². The highest BCUT2D eigenvalue weighted by Gasteiger charge is 2.49. The molecule has 0 saturated heterocycles. The van der Waals surface area contributed by atoms with Crippen molar-refractivity contribution in [1.82, 2.24) is 10.8 Å². The average molecular weight is 396 g/mol. The van der Waals surface area contributed by atoms with Gasteiger partial charge in [0.1, 0.15) is 17.8 Å². The Hall–Kier alpha value is -2.80. The van der Waals surface area contributed by atoms with E-state index in [2.05, 4.69) is 23.5 Å². The van der Waals surface area contributed by atoms with E-state index in [0.717, 1.165) is 27.5 Å². The Bertz CT molecular complexity index is 1010. The van der Waals surface area contributed by atoms with Crippen LogP contribution in [-0.2, 0) is 11.3 Å². The van der Waals surface area contributed by atoms with E-state index in [-0.39, 0.29) is 6.54 Å². The first-order valence-electron chi connectivity index (χ1n) is 9.37. The van der Waals surface area contributed by atoms with Crippen LogP contribution >= 0.6 is 0 Å². The summed E-state index contributed by atoms with van der Waals surface area (Å²) >= 11 is 0. The second-order valence-electron chi connectivity index (χ2n) is 7.59. The van der Waals surface area contributed by atoms with Crippen LogP contribution in [0.25, 0.3) is 21.9 Å². The minimum atomic E-state index is -2.00. The number of amides is 1. The molecule has 0 saturated carbocycles. The van der Waals surface area contributed by atoms with Crippen molar-refractivity contribution in [3.8, 4) is 11.1 Å². The number of benzene rings is 3. The van der Waals surface area contributed by atoms with Crippen LogP contribution in [0.5, 0.6) is 0 Å². The highest BCUT2D eigenvalue weighted by Crippen LogP contribution is 2.27. The molecule has 0 unspecified atom stereocenters. The molecule has 2 atom stereocenters. The summed E-state index contributed by atoms with van der Waals surface area (Å²) < 4.78 is 13.3. The topological polar surface area (TPSA) is 81.6 Å². The van der Waals surface area contributed by atoms with Crippen molar-refractivity contribution in [3.05, 3.63) is 72.3 Å². The van der Waals surface area contributed by atoms with E-state index in [1.807, 2.05) is 48.5 Å². The fraction of sp³-hybridized carbons (Fsp3) is 0.261. The van der Waals surface area contributed by atoms with Crippen LogP contribution in [0.15, 0.2) is 66.7 Å². The maximum atomic E-state index is 13.3. The van der Waals surface area contributed by atoms with Crippen molar-refractivity contribution in [2.24, 2.45) is 0 Å². The van der Waals surface area contributed by atoms with Crippen molar-refractivity contribution in [1.29, 1.82) is 0 Å². The largest absolute Gasteiger partial charge is 0.385 e. The highest BCUT2D eigenvalue weighted by atomic mass is 19.1. The predicted octanol–water partition coefficient (Wildman–Crippen LogP) is 3.58. The number of hydrogen-bond acceptors (Lipinski definition) is 4. The highest BCUT2D eigenvalue weighted by molar-refractivity contribution is 5.88. The fourth-order valence-electron chi connectivity index (χ4n) is 3.25. The zero-order valence-electron chi connectivity index (χ0n) is 16.4. The first-order chi connectivity index (χ1) is 13.8. The van der Waals surface area contributed by atoms with Gasteiger partial charge in [-0.3, -0.25) is 15.3 Å². The molecule has 152 valence electrons. The Kier molecular flexibility index (Phi) is 5.98. The molecule has 4 N–H and O–H groups in total. The van der Waals surface area contributed by atoms with Crippen molar-refractivity contribution >= 4 is 16.7 Å². The number of carbonyl (C=O) groups excluding carboxylic acids is 1. The number of hydrogen-bond donors (Lipinski definition) is 4. The van der Waals surface area contributed by atoms with E-state index in [1.54, 1.807) is 0 Å². The van der Waals surface area contributed by atoms with Gasteiger partial charge in [0.15, 0.2) is 0 Å². The number of carbonyl (C=O) groups is 1. The van der Waals surface area contributed by atoms with Crippen LogP contribution < -0.4 is 10.8 Å². The van der Waals surface area contributed by atoms with E-state index >= 15 is 0 Å². The minimum absolute atomic E-state index is 0.205. The molecule has 0 aliphatic carbocycles. The molecular formula is C23H25FN2O3. The lowest BCUT2D eigenvalue weighted by Crippen LogP contribution is -2.68. The van der Waals surface area contributed by atoms with Gasteiger partial charge in [0.25, 0.3) is 5.91 Å². The number of rotatable bonds is 7. The summed E-state index contributed by atoms with van der Waals surface area (Å²) in [5.74, 6) is -0.909. The molecule has 0 fully saturated rings. The van der Waals surface area contributed by atoms with Crippen LogP contribution in [0.2, 0.25) is 0 Å². The zero-order chi connectivity index (χ0) is 21.1. The van der Waals surface area contributed by atoms with E-state index in [4.69, 9.17) is 5.21 Å². The van der Waals surface area contributed by atoms with Crippen molar-refractivity contribution in [2.75, 3.05) is 6.67 Å². The molecule has 0 aromatic heterocycles. The van der Waals surface area contributed by atoms with E-state index in [1.165, 1.54) is 19.3 Å². The molecular weight excluding hydrogens is 371 g/mol. The molecule has 0 bridgehead atoms. The lowest BCUT2D eigenvalue weighted by atomic mass is 9.82. The van der Waals surface area contributed by atoms with Gasteiger partial charge in [-0.05, 0) is 53.4 Å². The number of halogens is 1. The van der Waals surface area contributed by atoms with Gasteiger partial charge in [0.2, 0.25) is 0 Å². The molecule has 3 aromatic rings. The minimum Gasteiger partial charge on any atom is -0.385 e. The first-order valence-corrected chi connectivity index (χ1v) is 9.37. The van der Waals surface area contributed by atoms with Crippen LogP contribution in [0.4, 0.5) is 4.39 Å². The van der Waals surface area contributed by atoms with E-state index < -0.39 is 23.7 Å². The number of aliphatic hydroxyl groups is 1. The SMILES string of the molecule is C[C@@](O)(CF)[C@](C)(NCc1ccc2cc(-c3ccccc3)ccc2c1)C(=O)NO. The third-order valence-electron chi connectivity index (χ3n) is 5.55. The summed E-state index contributed by atoms with van der Waals surface area (Å²) in [5.41, 5.74) is 0.904. The standard InChI is InChI=1S/C23H25FN2O3/c1-22(28,15-24)23(2,21(27)26-29)25-14-16-8-9-20-13-19(11-10-18(20)12-16)17-6-4-3-5-7-17/h3-13,25,28-29H,14-15H2,1-2H3,(H,26,27)/t22-,23-/m1/s1. The maximum absolute atomic E-state index is 13.3.